The van der Waals surface area contributed by atoms with Gasteiger partial charge in [0.1, 0.15) is 5.01 Å². The molecular formula is C17H20N4O2S. The number of ether oxygens (including phenoxy) is 1. The number of carbonyl (C=O) groups is 1. The Kier molecular flexibility index (Phi) is 4.30. The van der Waals surface area contributed by atoms with Gasteiger partial charge >= 0.3 is 0 Å². The van der Waals surface area contributed by atoms with E-state index >= 15 is 0 Å². The number of likely N-dealkylation sites (tertiary alicyclic amines) is 1. The van der Waals surface area contributed by atoms with Gasteiger partial charge in [0.05, 0.1) is 25.2 Å². The molecule has 2 saturated heterocycles. The number of hydrogen-bond acceptors (Lipinski definition) is 6. The summed E-state index contributed by atoms with van der Waals surface area (Å²) in [7, 11) is 0. The normalized spacial score (nSPS) is 26.4. The van der Waals surface area contributed by atoms with E-state index in [-0.39, 0.29) is 11.8 Å². The number of carbonyl (C=O) groups excluding carboxylic acids is 1. The highest BCUT2D eigenvalue weighted by Crippen LogP contribution is 2.42. The van der Waals surface area contributed by atoms with Crippen LogP contribution >= 0.6 is 11.3 Å². The van der Waals surface area contributed by atoms with Crippen molar-refractivity contribution < 1.29 is 9.53 Å². The van der Waals surface area contributed by atoms with Gasteiger partial charge in [-0.05, 0) is 11.6 Å². The molecule has 2 aromatic rings. The molecule has 2 aliphatic heterocycles. The van der Waals surface area contributed by atoms with Gasteiger partial charge in [-0.2, -0.15) is 0 Å². The van der Waals surface area contributed by atoms with E-state index in [1.165, 1.54) is 0 Å². The van der Waals surface area contributed by atoms with Gasteiger partial charge in [-0.15, -0.1) is 11.3 Å². The van der Waals surface area contributed by atoms with Crippen molar-refractivity contribution in [1.29, 1.82) is 0 Å². The van der Waals surface area contributed by atoms with Gasteiger partial charge in [-0.25, -0.2) is 4.98 Å². The van der Waals surface area contributed by atoms with Crippen molar-refractivity contribution in [3.05, 3.63) is 46.7 Å². The average Bonchev–Trinajstić information content (AvgIpc) is 3.30. The van der Waals surface area contributed by atoms with Gasteiger partial charge in [0.15, 0.2) is 0 Å². The van der Waals surface area contributed by atoms with Crippen LogP contribution in [0.1, 0.15) is 10.6 Å². The number of pyridine rings is 1. The van der Waals surface area contributed by atoms with Crippen LogP contribution in [0.3, 0.4) is 0 Å². The monoisotopic (exact) mass is 344 g/mol. The van der Waals surface area contributed by atoms with Crippen LogP contribution in [0.25, 0.3) is 0 Å². The summed E-state index contributed by atoms with van der Waals surface area (Å²) >= 11 is 1.66. The third-order valence-electron chi connectivity index (χ3n) is 4.91. The molecule has 6 nitrogen and oxygen atoms in total. The van der Waals surface area contributed by atoms with Crippen molar-refractivity contribution in [2.75, 3.05) is 26.3 Å². The van der Waals surface area contributed by atoms with Crippen molar-refractivity contribution in [2.45, 2.75) is 13.1 Å². The third-order valence-corrected chi connectivity index (χ3v) is 5.68. The highest BCUT2D eigenvalue weighted by Gasteiger charge is 2.55. The molecule has 2 aliphatic rings. The number of fused-ring (bicyclic) bond motifs is 1. The fourth-order valence-corrected chi connectivity index (χ4v) is 4.32. The van der Waals surface area contributed by atoms with Gasteiger partial charge < -0.3 is 10.1 Å². The molecule has 4 heterocycles. The van der Waals surface area contributed by atoms with E-state index in [0.717, 1.165) is 30.2 Å². The van der Waals surface area contributed by atoms with E-state index in [4.69, 9.17) is 4.74 Å². The van der Waals surface area contributed by atoms with Crippen LogP contribution in [0.15, 0.2) is 36.1 Å². The van der Waals surface area contributed by atoms with Crippen LogP contribution in [-0.4, -0.2) is 47.1 Å². The molecular weight excluding hydrogens is 324 g/mol. The molecule has 0 bridgehead atoms. The molecule has 2 fully saturated rings. The van der Waals surface area contributed by atoms with E-state index < -0.39 is 5.41 Å². The van der Waals surface area contributed by atoms with Crippen LogP contribution in [-0.2, 0) is 22.6 Å². The summed E-state index contributed by atoms with van der Waals surface area (Å²) in [5.74, 6) is 0.349. The Balaban J connectivity index is 1.42. The van der Waals surface area contributed by atoms with Gasteiger partial charge in [-0.3, -0.25) is 14.7 Å². The van der Waals surface area contributed by atoms with Crippen molar-refractivity contribution >= 4 is 17.2 Å². The fourth-order valence-electron chi connectivity index (χ4n) is 3.66. The quantitative estimate of drug-likeness (QED) is 0.886. The molecule has 0 radical (unpaired) electrons. The summed E-state index contributed by atoms with van der Waals surface area (Å²) in [6.07, 6.45) is 5.35. The van der Waals surface area contributed by atoms with Crippen LogP contribution in [0.2, 0.25) is 0 Å². The molecule has 1 amide bonds. The third kappa shape index (κ3) is 2.94. The molecule has 0 aromatic carbocycles. The average molecular weight is 344 g/mol. The number of nitrogens with zero attached hydrogens (tertiary/aromatic N) is 3. The summed E-state index contributed by atoms with van der Waals surface area (Å²) in [5, 5.41) is 6.17. The first kappa shape index (κ1) is 15.7. The summed E-state index contributed by atoms with van der Waals surface area (Å²) in [6.45, 7) is 4.11. The van der Waals surface area contributed by atoms with E-state index in [1.54, 1.807) is 23.7 Å². The van der Waals surface area contributed by atoms with E-state index in [0.29, 0.717) is 19.8 Å². The number of thiazole rings is 1. The summed E-state index contributed by atoms with van der Waals surface area (Å²) in [5.41, 5.74) is 0.579. The lowest BCUT2D eigenvalue weighted by molar-refractivity contribution is -0.131. The van der Waals surface area contributed by atoms with E-state index in [9.17, 15) is 4.79 Å². The topological polar surface area (TPSA) is 67.3 Å². The molecule has 0 saturated carbocycles. The standard InChI is InChI=1S/C17H20N4O2S/c22-16(20-7-13-2-1-3-18-6-13)17-11-21(8-14(17)10-23-12-17)9-15-19-4-5-24-15/h1-6,14H,7-12H2,(H,20,22)/t14-,17-/m0/s1. The van der Waals surface area contributed by atoms with Crippen LogP contribution in [0, 0.1) is 11.3 Å². The number of rotatable bonds is 5. The highest BCUT2D eigenvalue weighted by atomic mass is 32.1. The first-order valence-corrected chi connectivity index (χ1v) is 9.00. The maximum atomic E-state index is 12.9. The second kappa shape index (κ2) is 6.58. The number of amides is 1. The van der Waals surface area contributed by atoms with Gasteiger partial charge in [0.2, 0.25) is 5.91 Å². The predicted molar refractivity (Wildman–Crippen MR) is 90.2 cm³/mol. The molecule has 126 valence electrons. The zero-order chi connectivity index (χ0) is 16.4. The largest absolute Gasteiger partial charge is 0.380 e. The lowest BCUT2D eigenvalue weighted by Gasteiger charge is -2.26. The Morgan fingerprint density at radius 2 is 2.46 bits per heavy atom. The number of aromatic nitrogens is 2. The lowest BCUT2D eigenvalue weighted by Crippen LogP contribution is -2.46. The molecule has 4 rings (SSSR count). The maximum absolute atomic E-state index is 12.9. The van der Waals surface area contributed by atoms with E-state index in [2.05, 4.69) is 20.2 Å². The Labute approximate surface area is 144 Å². The van der Waals surface area contributed by atoms with Crippen LogP contribution in [0.4, 0.5) is 0 Å². The Hall–Kier alpha value is -1.83. The molecule has 2 atom stereocenters. The number of nitrogens with one attached hydrogen (secondary N) is 1. The molecule has 7 heteroatoms. The van der Waals surface area contributed by atoms with Gasteiger partial charge in [0, 0.05) is 49.5 Å². The van der Waals surface area contributed by atoms with Crippen LogP contribution < -0.4 is 5.32 Å². The predicted octanol–water partition coefficient (Wildman–Crippen LogP) is 1.30. The summed E-state index contributed by atoms with van der Waals surface area (Å²) in [6, 6.07) is 3.85. The molecule has 24 heavy (non-hydrogen) atoms. The van der Waals surface area contributed by atoms with Crippen molar-refractivity contribution in [3.63, 3.8) is 0 Å². The minimum Gasteiger partial charge on any atom is -0.380 e. The zero-order valence-electron chi connectivity index (χ0n) is 13.4. The second-order valence-corrected chi connectivity index (χ2v) is 7.49. The maximum Gasteiger partial charge on any atom is 0.230 e. The summed E-state index contributed by atoms with van der Waals surface area (Å²) < 4.78 is 5.66. The fraction of sp³-hybridized carbons (Fsp3) is 0.471. The zero-order valence-corrected chi connectivity index (χ0v) is 14.2. The molecule has 1 N–H and O–H groups in total. The van der Waals surface area contributed by atoms with Crippen molar-refractivity contribution in [1.82, 2.24) is 20.2 Å². The second-order valence-electron chi connectivity index (χ2n) is 6.51. The number of hydrogen-bond donors (Lipinski definition) is 1. The van der Waals surface area contributed by atoms with Crippen molar-refractivity contribution in [2.24, 2.45) is 11.3 Å². The SMILES string of the molecule is O=C(NCc1cccnc1)[C@@]12COC[C@@H]1CN(Cc1nccs1)C2. The van der Waals surface area contributed by atoms with Gasteiger partial charge in [0.25, 0.3) is 0 Å². The molecule has 0 aliphatic carbocycles. The first-order valence-electron chi connectivity index (χ1n) is 8.12. The van der Waals surface area contributed by atoms with Gasteiger partial charge in [-0.1, -0.05) is 6.07 Å². The Morgan fingerprint density at radius 3 is 3.25 bits per heavy atom. The smallest absolute Gasteiger partial charge is 0.230 e. The lowest BCUT2D eigenvalue weighted by atomic mass is 9.80. The van der Waals surface area contributed by atoms with Crippen molar-refractivity contribution in [3.8, 4) is 0 Å². The minimum absolute atomic E-state index is 0.0930. The Bertz CT molecular complexity index is 694. The van der Waals surface area contributed by atoms with Crippen LogP contribution in [0.5, 0.6) is 0 Å². The van der Waals surface area contributed by atoms with E-state index in [1.807, 2.05) is 23.7 Å². The Morgan fingerprint density at radius 1 is 1.50 bits per heavy atom. The molecule has 0 unspecified atom stereocenters. The highest BCUT2D eigenvalue weighted by molar-refractivity contribution is 7.09. The summed E-state index contributed by atoms with van der Waals surface area (Å²) in [4.78, 5) is 23.7. The minimum atomic E-state index is -0.431. The molecule has 2 aromatic heterocycles. The first-order chi connectivity index (χ1) is 11.8. The molecule has 0 spiro atoms.